The van der Waals surface area contributed by atoms with Crippen LogP contribution in [0.1, 0.15) is 12.0 Å². The average Bonchev–Trinajstić information content (AvgIpc) is 2.91. The zero-order chi connectivity index (χ0) is 11.7. The Morgan fingerprint density at radius 2 is 2.29 bits per heavy atom. The second kappa shape index (κ2) is 4.70. The second-order valence-corrected chi connectivity index (χ2v) is 5.52. The fourth-order valence-corrected chi connectivity index (χ4v) is 3.44. The van der Waals surface area contributed by atoms with Crippen LogP contribution in [0.2, 0.25) is 0 Å². The van der Waals surface area contributed by atoms with Gasteiger partial charge in [-0.1, -0.05) is 18.2 Å². The normalized spacial score (nSPS) is 23.5. The highest BCUT2D eigenvalue weighted by Gasteiger charge is 2.30. The molecule has 0 spiro atoms. The molecule has 1 amide bonds. The monoisotopic (exact) mass is 248 g/mol. The Labute approximate surface area is 106 Å². The van der Waals surface area contributed by atoms with Crippen molar-refractivity contribution in [3.63, 3.8) is 0 Å². The van der Waals surface area contributed by atoms with Gasteiger partial charge in [-0.05, 0) is 24.5 Å². The van der Waals surface area contributed by atoms with Crippen LogP contribution in [0.4, 0.5) is 5.69 Å². The number of nitrogens with one attached hydrogen (secondary N) is 1. The molecule has 2 aliphatic rings. The minimum Gasteiger partial charge on any atom is -0.311 e. The molecule has 2 heterocycles. The highest BCUT2D eigenvalue weighted by atomic mass is 32.2. The molecule has 90 valence electrons. The number of carbonyl (C=O) groups is 1. The molecule has 0 saturated carbocycles. The van der Waals surface area contributed by atoms with Crippen LogP contribution in [0.5, 0.6) is 0 Å². The average molecular weight is 248 g/mol. The van der Waals surface area contributed by atoms with Crippen molar-refractivity contribution >= 4 is 23.4 Å². The fourth-order valence-electron chi connectivity index (χ4n) is 2.50. The lowest BCUT2D eigenvalue weighted by Gasteiger charge is -2.31. The molecule has 0 aromatic heterocycles. The quantitative estimate of drug-likeness (QED) is 0.820. The fraction of sp³-hybridized carbons (Fsp3) is 0.462. The first kappa shape index (κ1) is 11.1. The summed E-state index contributed by atoms with van der Waals surface area (Å²) in [5.74, 6) is 2.03. The third-order valence-electron chi connectivity index (χ3n) is 3.39. The van der Waals surface area contributed by atoms with Crippen LogP contribution in [0, 0.1) is 0 Å². The maximum Gasteiger partial charge on any atom is 0.245 e. The molecule has 17 heavy (non-hydrogen) atoms. The van der Waals surface area contributed by atoms with Crippen LogP contribution in [-0.4, -0.2) is 30.1 Å². The first-order chi connectivity index (χ1) is 8.36. The van der Waals surface area contributed by atoms with Crippen molar-refractivity contribution in [1.29, 1.82) is 0 Å². The van der Waals surface area contributed by atoms with Gasteiger partial charge >= 0.3 is 0 Å². The zero-order valence-electron chi connectivity index (χ0n) is 9.69. The third kappa shape index (κ3) is 2.07. The highest BCUT2D eigenvalue weighted by Crippen LogP contribution is 2.28. The van der Waals surface area contributed by atoms with E-state index in [-0.39, 0.29) is 11.9 Å². The van der Waals surface area contributed by atoms with Crippen molar-refractivity contribution in [3.8, 4) is 0 Å². The van der Waals surface area contributed by atoms with Crippen molar-refractivity contribution in [2.45, 2.75) is 18.9 Å². The molecule has 4 heteroatoms. The van der Waals surface area contributed by atoms with Gasteiger partial charge in [-0.3, -0.25) is 10.1 Å². The Morgan fingerprint density at radius 3 is 3.12 bits per heavy atom. The van der Waals surface area contributed by atoms with E-state index in [9.17, 15) is 4.79 Å². The summed E-state index contributed by atoms with van der Waals surface area (Å²) in [4.78, 5) is 14.4. The van der Waals surface area contributed by atoms with Gasteiger partial charge in [0.15, 0.2) is 0 Å². The molecular weight excluding hydrogens is 232 g/mol. The van der Waals surface area contributed by atoms with Crippen LogP contribution in [0.15, 0.2) is 24.3 Å². The smallest absolute Gasteiger partial charge is 0.245 e. The van der Waals surface area contributed by atoms with Gasteiger partial charge in [-0.25, -0.2) is 0 Å². The maximum absolute atomic E-state index is 12.4. The van der Waals surface area contributed by atoms with Crippen LogP contribution in [0.25, 0.3) is 0 Å². The lowest BCUT2D eigenvalue weighted by Crippen LogP contribution is -2.47. The molecule has 1 atom stereocenters. The van der Waals surface area contributed by atoms with Gasteiger partial charge in [0.2, 0.25) is 5.91 Å². The van der Waals surface area contributed by atoms with E-state index < -0.39 is 0 Å². The molecule has 0 radical (unpaired) electrons. The van der Waals surface area contributed by atoms with E-state index in [1.54, 1.807) is 11.8 Å². The number of hydrogen-bond acceptors (Lipinski definition) is 3. The van der Waals surface area contributed by atoms with Gasteiger partial charge in [-0.15, -0.1) is 11.8 Å². The van der Waals surface area contributed by atoms with Crippen LogP contribution < -0.4 is 10.2 Å². The topological polar surface area (TPSA) is 32.3 Å². The zero-order valence-corrected chi connectivity index (χ0v) is 10.5. The summed E-state index contributed by atoms with van der Waals surface area (Å²) < 4.78 is 0. The van der Waals surface area contributed by atoms with E-state index in [1.165, 1.54) is 5.56 Å². The molecule has 1 N–H and O–H groups in total. The SMILES string of the molecule is O=C(C1CSCN1)N1CCCc2ccccc21. The van der Waals surface area contributed by atoms with E-state index >= 15 is 0 Å². The van der Waals surface area contributed by atoms with Crippen molar-refractivity contribution in [1.82, 2.24) is 5.32 Å². The van der Waals surface area contributed by atoms with Crippen molar-refractivity contribution in [2.24, 2.45) is 0 Å². The molecule has 1 fully saturated rings. The first-order valence-electron chi connectivity index (χ1n) is 6.06. The molecular formula is C13H16N2OS. The van der Waals surface area contributed by atoms with Gasteiger partial charge in [0.05, 0.1) is 6.04 Å². The number of aryl methyl sites for hydroxylation is 1. The molecule has 1 saturated heterocycles. The van der Waals surface area contributed by atoms with Gasteiger partial charge < -0.3 is 4.90 Å². The Bertz CT molecular complexity index is 429. The Hall–Kier alpha value is -1.00. The van der Waals surface area contributed by atoms with Gasteiger partial charge in [0.1, 0.15) is 0 Å². The molecule has 3 rings (SSSR count). The number of para-hydroxylation sites is 1. The Balaban J connectivity index is 1.86. The molecule has 0 aliphatic carbocycles. The summed E-state index contributed by atoms with van der Waals surface area (Å²) in [6.07, 6.45) is 2.16. The molecule has 1 aromatic rings. The number of anilines is 1. The van der Waals surface area contributed by atoms with Gasteiger partial charge in [0, 0.05) is 23.9 Å². The third-order valence-corrected chi connectivity index (χ3v) is 4.33. The summed E-state index contributed by atoms with van der Waals surface area (Å²) in [6.45, 7) is 0.860. The number of benzene rings is 1. The van der Waals surface area contributed by atoms with Crippen LogP contribution in [-0.2, 0) is 11.2 Å². The lowest BCUT2D eigenvalue weighted by atomic mass is 10.0. The minimum atomic E-state index is 0.00570. The largest absolute Gasteiger partial charge is 0.311 e. The Kier molecular flexibility index (Phi) is 3.07. The standard InChI is InChI=1S/C13H16N2OS/c16-13(11-8-17-9-14-11)15-7-3-5-10-4-1-2-6-12(10)15/h1-2,4,6,11,14H,3,5,7-9H2. The second-order valence-electron chi connectivity index (χ2n) is 4.49. The number of rotatable bonds is 1. The van der Waals surface area contributed by atoms with E-state index in [1.807, 2.05) is 11.0 Å². The van der Waals surface area contributed by atoms with Crippen molar-refractivity contribution in [3.05, 3.63) is 29.8 Å². The number of nitrogens with zero attached hydrogens (tertiary/aromatic N) is 1. The predicted octanol–water partition coefficient (Wildman–Crippen LogP) is 1.63. The highest BCUT2D eigenvalue weighted by molar-refractivity contribution is 7.99. The Morgan fingerprint density at radius 1 is 1.41 bits per heavy atom. The summed E-state index contributed by atoms with van der Waals surface area (Å²) in [5.41, 5.74) is 2.42. The number of amides is 1. The van der Waals surface area contributed by atoms with Crippen molar-refractivity contribution in [2.75, 3.05) is 23.1 Å². The molecule has 1 unspecified atom stereocenters. The van der Waals surface area contributed by atoms with E-state index in [0.717, 1.165) is 36.7 Å². The van der Waals surface area contributed by atoms with Crippen LogP contribution in [0.3, 0.4) is 0 Å². The summed E-state index contributed by atoms with van der Waals surface area (Å²) in [7, 11) is 0. The number of hydrogen-bond donors (Lipinski definition) is 1. The first-order valence-corrected chi connectivity index (χ1v) is 7.22. The van der Waals surface area contributed by atoms with Gasteiger partial charge in [-0.2, -0.15) is 0 Å². The maximum atomic E-state index is 12.4. The number of thioether (sulfide) groups is 1. The van der Waals surface area contributed by atoms with Crippen molar-refractivity contribution < 1.29 is 4.79 Å². The summed E-state index contributed by atoms with van der Waals surface area (Å²) >= 11 is 1.80. The van der Waals surface area contributed by atoms with Crippen LogP contribution >= 0.6 is 11.8 Å². The molecule has 0 bridgehead atoms. The van der Waals surface area contributed by atoms with E-state index in [2.05, 4.69) is 23.5 Å². The lowest BCUT2D eigenvalue weighted by molar-refractivity contribution is -0.120. The molecule has 3 nitrogen and oxygen atoms in total. The minimum absolute atomic E-state index is 0.00570. The van der Waals surface area contributed by atoms with E-state index in [4.69, 9.17) is 0 Å². The summed E-state index contributed by atoms with van der Waals surface area (Å²) in [6, 6.07) is 8.27. The predicted molar refractivity (Wildman–Crippen MR) is 71.4 cm³/mol. The molecule has 2 aliphatic heterocycles. The van der Waals surface area contributed by atoms with Gasteiger partial charge in [0.25, 0.3) is 0 Å². The van der Waals surface area contributed by atoms with E-state index in [0.29, 0.717) is 0 Å². The summed E-state index contributed by atoms with van der Waals surface area (Å²) in [5, 5.41) is 3.26. The number of fused-ring (bicyclic) bond motifs is 1. The molecule has 1 aromatic carbocycles. The number of carbonyl (C=O) groups excluding carboxylic acids is 1.